The number of alkyl halides is 2. The lowest BCUT2D eigenvalue weighted by Gasteiger charge is -2.32. The second-order valence-electron chi connectivity index (χ2n) is 5.18. The van der Waals surface area contributed by atoms with E-state index < -0.39 is 36.2 Å². The lowest BCUT2D eigenvalue weighted by atomic mass is 9.85. The van der Waals surface area contributed by atoms with E-state index in [0.29, 0.717) is 32.2 Å². The van der Waals surface area contributed by atoms with Gasteiger partial charge in [0, 0.05) is 25.3 Å². The van der Waals surface area contributed by atoms with Crippen LogP contribution < -0.4 is 0 Å². The number of amides is 1. The standard InChI is InChI=1S/C12H17F2NO3/c13-12(14)5-1-3-8(7-12)10(16)15-6-2-4-9(15)11(17)18/h8-9H,1-7H2,(H,17,18)/t8?,9-/m1/s1. The lowest BCUT2D eigenvalue weighted by Crippen LogP contribution is -2.45. The minimum absolute atomic E-state index is 0.168. The Balaban J connectivity index is 2.04. The molecule has 4 nitrogen and oxygen atoms in total. The molecule has 2 rings (SSSR count). The van der Waals surface area contributed by atoms with Crippen molar-refractivity contribution >= 4 is 11.9 Å². The molecule has 2 atom stereocenters. The van der Waals surface area contributed by atoms with Gasteiger partial charge in [0.25, 0.3) is 0 Å². The number of hydrogen-bond donors (Lipinski definition) is 1. The van der Waals surface area contributed by atoms with Crippen LogP contribution in [0.5, 0.6) is 0 Å². The van der Waals surface area contributed by atoms with Gasteiger partial charge in [0.1, 0.15) is 6.04 Å². The second kappa shape index (κ2) is 4.82. The number of carbonyl (C=O) groups is 2. The number of rotatable bonds is 2. The molecule has 102 valence electrons. The van der Waals surface area contributed by atoms with Gasteiger partial charge in [0.2, 0.25) is 11.8 Å². The van der Waals surface area contributed by atoms with Gasteiger partial charge in [-0.05, 0) is 25.7 Å². The minimum Gasteiger partial charge on any atom is -0.480 e. The first-order chi connectivity index (χ1) is 8.41. The number of likely N-dealkylation sites (tertiary alicyclic amines) is 1. The molecule has 1 amide bonds. The predicted molar refractivity (Wildman–Crippen MR) is 59.3 cm³/mol. The molecule has 0 aromatic carbocycles. The van der Waals surface area contributed by atoms with E-state index in [0.717, 1.165) is 0 Å². The molecule has 0 aromatic heterocycles. The van der Waals surface area contributed by atoms with Gasteiger partial charge in [-0.3, -0.25) is 4.79 Å². The number of carboxylic acid groups (broad SMARTS) is 1. The highest BCUT2D eigenvalue weighted by Gasteiger charge is 2.43. The fourth-order valence-corrected chi connectivity index (χ4v) is 2.90. The maximum Gasteiger partial charge on any atom is 0.326 e. The van der Waals surface area contributed by atoms with Crippen molar-refractivity contribution in [3.8, 4) is 0 Å². The van der Waals surface area contributed by atoms with Gasteiger partial charge in [0.15, 0.2) is 0 Å². The van der Waals surface area contributed by atoms with Crippen molar-refractivity contribution in [2.45, 2.75) is 50.5 Å². The zero-order valence-electron chi connectivity index (χ0n) is 10.1. The van der Waals surface area contributed by atoms with Crippen LogP contribution in [0, 0.1) is 5.92 Å². The highest BCUT2D eigenvalue weighted by molar-refractivity contribution is 5.85. The Labute approximate surface area is 104 Å². The molecule has 1 saturated carbocycles. The molecule has 1 aliphatic carbocycles. The van der Waals surface area contributed by atoms with Crippen molar-refractivity contribution in [2.24, 2.45) is 5.92 Å². The number of carboxylic acids is 1. The van der Waals surface area contributed by atoms with E-state index in [1.165, 1.54) is 4.90 Å². The summed E-state index contributed by atoms with van der Waals surface area (Å²) in [4.78, 5) is 24.4. The predicted octanol–water partition coefficient (Wildman–Crippen LogP) is 1.89. The van der Waals surface area contributed by atoms with Crippen LogP contribution in [0.2, 0.25) is 0 Å². The van der Waals surface area contributed by atoms with E-state index in [1.54, 1.807) is 0 Å². The van der Waals surface area contributed by atoms with Crippen molar-refractivity contribution in [1.29, 1.82) is 0 Å². The van der Waals surface area contributed by atoms with Gasteiger partial charge in [0.05, 0.1) is 0 Å². The van der Waals surface area contributed by atoms with Crippen LogP contribution in [-0.2, 0) is 9.59 Å². The maximum atomic E-state index is 13.3. The molecule has 1 heterocycles. The van der Waals surface area contributed by atoms with E-state index in [2.05, 4.69) is 0 Å². The summed E-state index contributed by atoms with van der Waals surface area (Å²) in [6.45, 7) is 0.373. The Kier molecular flexibility index (Phi) is 3.54. The molecule has 1 saturated heterocycles. The molecule has 1 aliphatic heterocycles. The van der Waals surface area contributed by atoms with Crippen LogP contribution in [0.15, 0.2) is 0 Å². The van der Waals surface area contributed by atoms with Crippen molar-refractivity contribution in [1.82, 2.24) is 4.90 Å². The summed E-state index contributed by atoms with van der Waals surface area (Å²) in [6, 6.07) is -0.826. The van der Waals surface area contributed by atoms with E-state index >= 15 is 0 Å². The SMILES string of the molecule is O=C(O)[C@H]1CCCN1C(=O)C1CCCC(F)(F)C1. The largest absolute Gasteiger partial charge is 0.480 e. The third-order valence-electron chi connectivity index (χ3n) is 3.81. The van der Waals surface area contributed by atoms with Gasteiger partial charge in [-0.2, -0.15) is 0 Å². The van der Waals surface area contributed by atoms with Crippen LogP contribution in [-0.4, -0.2) is 40.4 Å². The first kappa shape index (κ1) is 13.2. The van der Waals surface area contributed by atoms with E-state index in [9.17, 15) is 18.4 Å². The van der Waals surface area contributed by atoms with Gasteiger partial charge in [-0.15, -0.1) is 0 Å². The summed E-state index contributed by atoms with van der Waals surface area (Å²) in [7, 11) is 0. The maximum absolute atomic E-state index is 13.3. The summed E-state index contributed by atoms with van der Waals surface area (Å²) in [6.07, 6.45) is 1.22. The Morgan fingerprint density at radius 2 is 1.94 bits per heavy atom. The van der Waals surface area contributed by atoms with E-state index in [4.69, 9.17) is 5.11 Å². The first-order valence-corrected chi connectivity index (χ1v) is 6.32. The molecule has 0 aromatic rings. The molecular formula is C12H17F2NO3. The number of nitrogens with zero attached hydrogens (tertiary/aromatic N) is 1. The average molecular weight is 261 g/mol. The smallest absolute Gasteiger partial charge is 0.326 e. The molecule has 2 fully saturated rings. The molecule has 0 bridgehead atoms. The Morgan fingerprint density at radius 3 is 2.56 bits per heavy atom. The van der Waals surface area contributed by atoms with Crippen molar-refractivity contribution in [2.75, 3.05) is 6.54 Å². The molecule has 18 heavy (non-hydrogen) atoms. The molecular weight excluding hydrogens is 244 g/mol. The summed E-state index contributed by atoms with van der Waals surface area (Å²) in [5.74, 6) is -4.94. The Morgan fingerprint density at radius 1 is 1.22 bits per heavy atom. The lowest BCUT2D eigenvalue weighted by molar-refractivity contribution is -0.153. The molecule has 6 heteroatoms. The van der Waals surface area contributed by atoms with E-state index in [-0.39, 0.29) is 6.42 Å². The van der Waals surface area contributed by atoms with Crippen molar-refractivity contribution < 1.29 is 23.5 Å². The van der Waals surface area contributed by atoms with Gasteiger partial charge >= 0.3 is 5.97 Å². The number of halogens is 2. The fourth-order valence-electron chi connectivity index (χ4n) is 2.90. The molecule has 0 radical (unpaired) electrons. The number of hydrogen-bond acceptors (Lipinski definition) is 2. The third-order valence-corrected chi connectivity index (χ3v) is 3.81. The Bertz CT molecular complexity index is 359. The number of aliphatic carboxylic acids is 1. The monoisotopic (exact) mass is 261 g/mol. The highest BCUT2D eigenvalue weighted by Crippen LogP contribution is 2.38. The quantitative estimate of drug-likeness (QED) is 0.825. The molecule has 1 unspecified atom stereocenters. The molecule has 0 spiro atoms. The van der Waals surface area contributed by atoms with E-state index in [1.807, 2.05) is 0 Å². The minimum atomic E-state index is -2.78. The normalized spacial score (nSPS) is 31.3. The highest BCUT2D eigenvalue weighted by atomic mass is 19.3. The first-order valence-electron chi connectivity index (χ1n) is 6.32. The summed E-state index contributed by atoms with van der Waals surface area (Å²) < 4.78 is 26.5. The topological polar surface area (TPSA) is 57.6 Å². The second-order valence-corrected chi connectivity index (χ2v) is 5.18. The van der Waals surface area contributed by atoms with Crippen molar-refractivity contribution in [3.05, 3.63) is 0 Å². The fraction of sp³-hybridized carbons (Fsp3) is 0.833. The zero-order valence-corrected chi connectivity index (χ0v) is 10.1. The van der Waals surface area contributed by atoms with Crippen LogP contribution in [0.1, 0.15) is 38.5 Å². The van der Waals surface area contributed by atoms with Gasteiger partial charge in [-0.25, -0.2) is 13.6 Å². The zero-order chi connectivity index (χ0) is 13.3. The molecule has 2 aliphatic rings. The Hall–Kier alpha value is -1.20. The summed E-state index contributed by atoms with van der Waals surface area (Å²) in [5.41, 5.74) is 0. The van der Waals surface area contributed by atoms with Gasteiger partial charge in [-0.1, -0.05) is 0 Å². The van der Waals surface area contributed by atoms with Crippen LogP contribution in [0.4, 0.5) is 8.78 Å². The number of carbonyl (C=O) groups excluding carboxylic acids is 1. The van der Waals surface area contributed by atoms with Gasteiger partial charge < -0.3 is 10.0 Å². The molecule has 1 N–H and O–H groups in total. The van der Waals surface area contributed by atoms with Crippen LogP contribution >= 0.6 is 0 Å². The summed E-state index contributed by atoms with van der Waals surface area (Å²) >= 11 is 0. The van der Waals surface area contributed by atoms with Crippen LogP contribution in [0.3, 0.4) is 0 Å². The average Bonchev–Trinajstić information content (AvgIpc) is 2.75. The third kappa shape index (κ3) is 2.62. The van der Waals surface area contributed by atoms with Crippen LogP contribution in [0.25, 0.3) is 0 Å². The summed E-state index contributed by atoms with van der Waals surface area (Å²) in [5, 5.41) is 8.99. The van der Waals surface area contributed by atoms with Crippen molar-refractivity contribution in [3.63, 3.8) is 0 Å².